The lowest BCUT2D eigenvalue weighted by Crippen LogP contribution is -2.12. The van der Waals surface area contributed by atoms with Gasteiger partial charge in [0.15, 0.2) is 5.75 Å². The second-order valence-corrected chi connectivity index (χ2v) is 5.24. The van der Waals surface area contributed by atoms with E-state index >= 15 is 0 Å². The largest absolute Gasteiger partial charge is 0.481 e. The predicted octanol–water partition coefficient (Wildman–Crippen LogP) is 3.34. The maximum atomic E-state index is 11.0. The van der Waals surface area contributed by atoms with Crippen molar-refractivity contribution in [3.05, 3.63) is 56.3 Å². The van der Waals surface area contributed by atoms with Gasteiger partial charge in [-0.15, -0.1) is 11.3 Å². The van der Waals surface area contributed by atoms with Crippen molar-refractivity contribution in [2.75, 3.05) is 6.54 Å². The average Bonchev–Trinajstić information content (AvgIpc) is 2.96. The van der Waals surface area contributed by atoms with Crippen LogP contribution in [-0.4, -0.2) is 11.5 Å². The number of nitrogens with one attached hydrogen (secondary N) is 1. The molecule has 6 heteroatoms. The number of hydrogen-bond donors (Lipinski definition) is 1. The Kier molecular flexibility index (Phi) is 5.09. The summed E-state index contributed by atoms with van der Waals surface area (Å²) in [6.45, 7) is 3.88. The van der Waals surface area contributed by atoms with E-state index in [0.717, 1.165) is 17.0 Å². The van der Waals surface area contributed by atoms with Gasteiger partial charge >= 0.3 is 5.69 Å². The Morgan fingerprint density at radius 1 is 1.40 bits per heavy atom. The molecule has 0 radical (unpaired) electrons. The maximum Gasteiger partial charge on any atom is 0.310 e. The Balaban J connectivity index is 2.15. The number of rotatable bonds is 7. The van der Waals surface area contributed by atoms with Crippen molar-refractivity contribution in [3.63, 3.8) is 0 Å². The molecule has 106 valence electrons. The van der Waals surface area contributed by atoms with Crippen LogP contribution in [-0.2, 0) is 13.2 Å². The van der Waals surface area contributed by atoms with Crippen molar-refractivity contribution in [1.82, 2.24) is 5.32 Å². The molecule has 0 saturated heterocycles. The van der Waals surface area contributed by atoms with Crippen LogP contribution in [0, 0.1) is 10.1 Å². The molecule has 2 rings (SSSR count). The van der Waals surface area contributed by atoms with Gasteiger partial charge in [-0.2, -0.15) is 0 Å². The summed E-state index contributed by atoms with van der Waals surface area (Å²) in [5.41, 5.74) is 0.973. The molecule has 0 aliphatic carbocycles. The normalized spacial score (nSPS) is 10.4. The molecule has 1 aromatic heterocycles. The van der Waals surface area contributed by atoms with Crippen LogP contribution in [0.2, 0.25) is 0 Å². The zero-order chi connectivity index (χ0) is 14.4. The van der Waals surface area contributed by atoms with Gasteiger partial charge in [-0.1, -0.05) is 19.1 Å². The minimum Gasteiger partial charge on any atom is -0.481 e. The van der Waals surface area contributed by atoms with E-state index in [-0.39, 0.29) is 5.69 Å². The summed E-state index contributed by atoms with van der Waals surface area (Å²) in [5, 5.41) is 16.2. The molecule has 0 bridgehead atoms. The number of hydrogen-bond acceptors (Lipinski definition) is 5. The van der Waals surface area contributed by atoms with Crippen LogP contribution in [0.5, 0.6) is 5.75 Å². The third kappa shape index (κ3) is 3.79. The molecule has 2 aromatic rings. The van der Waals surface area contributed by atoms with E-state index in [1.165, 1.54) is 6.07 Å². The molecule has 0 spiro atoms. The van der Waals surface area contributed by atoms with E-state index in [4.69, 9.17) is 4.74 Å². The smallest absolute Gasteiger partial charge is 0.310 e. The Bertz CT molecular complexity index is 570. The fourth-order valence-electron chi connectivity index (χ4n) is 1.75. The first-order valence-electron chi connectivity index (χ1n) is 6.34. The van der Waals surface area contributed by atoms with E-state index in [9.17, 15) is 10.1 Å². The van der Waals surface area contributed by atoms with Crippen molar-refractivity contribution < 1.29 is 9.66 Å². The SMILES string of the molecule is CCNCc1ccc([N+](=O)[O-])c(OCc2cccs2)c1. The molecule has 1 heterocycles. The highest BCUT2D eigenvalue weighted by molar-refractivity contribution is 7.09. The summed E-state index contributed by atoms with van der Waals surface area (Å²) in [6.07, 6.45) is 0. The number of nitro groups is 1. The minimum atomic E-state index is -0.416. The first kappa shape index (κ1) is 14.5. The lowest BCUT2D eigenvalue weighted by atomic mass is 10.2. The highest BCUT2D eigenvalue weighted by Crippen LogP contribution is 2.29. The van der Waals surface area contributed by atoms with Crippen LogP contribution in [0.1, 0.15) is 17.4 Å². The standard InChI is InChI=1S/C14H16N2O3S/c1-2-15-9-11-5-6-13(16(17)18)14(8-11)19-10-12-4-3-7-20-12/h3-8,15H,2,9-10H2,1H3. The summed E-state index contributed by atoms with van der Waals surface area (Å²) in [4.78, 5) is 11.6. The third-order valence-corrected chi connectivity index (χ3v) is 3.60. The predicted molar refractivity (Wildman–Crippen MR) is 79.1 cm³/mol. The van der Waals surface area contributed by atoms with Crippen LogP contribution >= 0.6 is 11.3 Å². The number of nitrogens with zero attached hydrogens (tertiary/aromatic N) is 1. The summed E-state index contributed by atoms with van der Waals surface area (Å²) >= 11 is 1.57. The van der Waals surface area contributed by atoms with Crippen molar-refractivity contribution in [1.29, 1.82) is 0 Å². The fraction of sp³-hybridized carbons (Fsp3) is 0.286. The second kappa shape index (κ2) is 7.02. The van der Waals surface area contributed by atoms with Crippen LogP contribution < -0.4 is 10.1 Å². The number of benzene rings is 1. The molecule has 1 aromatic carbocycles. The Hall–Kier alpha value is -1.92. The number of thiophene rings is 1. The van der Waals surface area contributed by atoms with Gasteiger partial charge in [0, 0.05) is 17.5 Å². The number of nitro benzene ring substituents is 1. The van der Waals surface area contributed by atoms with E-state index < -0.39 is 4.92 Å². The van der Waals surface area contributed by atoms with Gasteiger partial charge in [0.05, 0.1) is 4.92 Å². The highest BCUT2D eigenvalue weighted by Gasteiger charge is 2.15. The lowest BCUT2D eigenvalue weighted by Gasteiger charge is -2.08. The van der Waals surface area contributed by atoms with Gasteiger partial charge in [-0.05, 0) is 29.6 Å². The molecule has 0 aliphatic rings. The molecule has 0 saturated carbocycles. The van der Waals surface area contributed by atoms with Gasteiger partial charge in [-0.25, -0.2) is 0 Å². The minimum absolute atomic E-state index is 0.00167. The zero-order valence-electron chi connectivity index (χ0n) is 11.2. The van der Waals surface area contributed by atoms with Crippen LogP contribution in [0.25, 0.3) is 0 Å². The van der Waals surface area contributed by atoms with Crippen molar-refractivity contribution >= 4 is 17.0 Å². The first-order valence-corrected chi connectivity index (χ1v) is 7.22. The Morgan fingerprint density at radius 2 is 2.25 bits per heavy atom. The summed E-state index contributed by atoms with van der Waals surface area (Å²) in [7, 11) is 0. The summed E-state index contributed by atoms with van der Waals surface area (Å²) in [6, 6.07) is 8.85. The summed E-state index contributed by atoms with van der Waals surface area (Å²) < 4.78 is 5.60. The van der Waals surface area contributed by atoms with Crippen LogP contribution in [0.15, 0.2) is 35.7 Å². The van der Waals surface area contributed by atoms with Crippen LogP contribution in [0.4, 0.5) is 5.69 Å². The van der Waals surface area contributed by atoms with Crippen molar-refractivity contribution in [2.45, 2.75) is 20.1 Å². The topological polar surface area (TPSA) is 64.4 Å². The Labute approximate surface area is 121 Å². The molecular weight excluding hydrogens is 276 g/mol. The molecule has 20 heavy (non-hydrogen) atoms. The van der Waals surface area contributed by atoms with Gasteiger partial charge in [0.1, 0.15) is 6.61 Å². The number of ether oxygens (including phenoxy) is 1. The van der Waals surface area contributed by atoms with Gasteiger partial charge in [0.2, 0.25) is 0 Å². The quantitative estimate of drug-likeness (QED) is 0.628. The zero-order valence-corrected chi connectivity index (χ0v) is 12.0. The third-order valence-electron chi connectivity index (χ3n) is 2.75. The van der Waals surface area contributed by atoms with Crippen molar-refractivity contribution in [3.8, 4) is 5.75 Å². The molecule has 0 unspecified atom stereocenters. The van der Waals surface area contributed by atoms with E-state index in [1.807, 2.05) is 24.4 Å². The molecule has 1 N–H and O–H groups in total. The van der Waals surface area contributed by atoms with Crippen molar-refractivity contribution in [2.24, 2.45) is 0 Å². The van der Waals surface area contributed by atoms with Gasteiger partial charge < -0.3 is 10.1 Å². The molecule has 5 nitrogen and oxygen atoms in total. The molecule has 0 aliphatic heterocycles. The van der Waals surface area contributed by atoms with Gasteiger partial charge in [-0.3, -0.25) is 10.1 Å². The van der Waals surface area contributed by atoms with E-state index in [0.29, 0.717) is 18.9 Å². The summed E-state index contributed by atoms with van der Waals surface area (Å²) in [5.74, 6) is 0.318. The molecular formula is C14H16N2O3S. The van der Waals surface area contributed by atoms with E-state index in [2.05, 4.69) is 5.32 Å². The van der Waals surface area contributed by atoms with Gasteiger partial charge in [0.25, 0.3) is 0 Å². The molecule has 0 amide bonds. The maximum absolute atomic E-state index is 11.0. The molecule has 0 atom stereocenters. The molecule has 0 fully saturated rings. The van der Waals surface area contributed by atoms with Crippen LogP contribution in [0.3, 0.4) is 0 Å². The van der Waals surface area contributed by atoms with E-state index in [1.54, 1.807) is 23.5 Å². The first-order chi connectivity index (χ1) is 9.70. The highest BCUT2D eigenvalue weighted by atomic mass is 32.1. The average molecular weight is 292 g/mol. The Morgan fingerprint density at radius 3 is 2.90 bits per heavy atom. The fourth-order valence-corrected chi connectivity index (χ4v) is 2.36. The monoisotopic (exact) mass is 292 g/mol. The lowest BCUT2D eigenvalue weighted by molar-refractivity contribution is -0.386. The second-order valence-electron chi connectivity index (χ2n) is 4.21.